The number of hydrogen-bond acceptors (Lipinski definition) is 3. The minimum Gasteiger partial charge on any atom is -0.506 e. The summed E-state index contributed by atoms with van der Waals surface area (Å²) in [6.07, 6.45) is 0. The fourth-order valence-electron chi connectivity index (χ4n) is 1.37. The third-order valence-corrected chi connectivity index (χ3v) is 2.40. The van der Waals surface area contributed by atoms with Crippen molar-refractivity contribution in [1.82, 2.24) is 9.88 Å². The number of aromatic nitrogens is 1. The van der Waals surface area contributed by atoms with E-state index in [1.54, 1.807) is 6.07 Å². The van der Waals surface area contributed by atoms with Gasteiger partial charge in [0.15, 0.2) is 0 Å². The molecule has 78 valence electrons. The molecule has 0 fully saturated rings. The van der Waals surface area contributed by atoms with Crippen LogP contribution in [0.25, 0.3) is 0 Å². The molecule has 1 N–H and O–H groups in total. The third-order valence-electron chi connectivity index (χ3n) is 2.40. The molecule has 0 saturated heterocycles. The third kappa shape index (κ3) is 2.70. The Morgan fingerprint density at radius 3 is 2.43 bits per heavy atom. The normalized spacial score (nSPS) is 10.9. The second kappa shape index (κ2) is 4.96. The number of aromatic hydroxyl groups is 1. The zero-order valence-electron chi connectivity index (χ0n) is 9.12. The minimum atomic E-state index is 0.272. The van der Waals surface area contributed by atoms with E-state index in [4.69, 9.17) is 0 Å². The Balaban J connectivity index is 2.72. The number of nitrogens with zero attached hydrogens (tertiary/aromatic N) is 2. The van der Waals surface area contributed by atoms with Crippen LogP contribution in [0.3, 0.4) is 0 Å². The maximum atomic E-state index is 9.32. The first kappa shape index (κ1) is 11.0. The van der Waals surface area contributed by atoms with E-state index in [2.05, 4.69) is 23.7 Å². The number of pyridine rings is 1. The largest absolute Gasteiger partial charge is 0.506 e. The van der Waals surface area contributed by atoms with Gasteiger partial charge in [-0.2, -0.15) is 0 Å². The van der Waals surface area contributed by atoms with Gasteiger partial charge in [0.2, 0.25) is 0 Å². The summed E-state index contributed by atoms with van der Waals surface area (Å²) in [6, 6.07) is 3.59. The molecule has 1 rings (SSSR count). The Morgan fingerprint density at radius 2 is 1.93 bits per heavy atom. The van der Waals surface area contributed by atoms with E-state index in [0.29, 0.717) is 5.69 Å². The first-order valence-electron chi connectivity index (χ1n) is 5.05. The Kier molecular flexibility index (Phi) is 3.89. The van der Waals surface area contributed by atoms with Gasteiger partial charge >= 0.3 is 0 Å². The quantitative estimate of drug-likeness (QED) is 0.795. The predicted octanol–water partition coefficient (Wildman–Crippen LogP) is 1.94. The lowest BCUT2D eigenvalue weighted by molar-refractivity contribution is 0.292. The minimum absolute atomic E-state index is 0.272. The second-order valence-corrected chi connectivity index (χ2v) is 3.37. The lowest BCUT2D eigenvalue weighted by Gasteiger charge is -2.17. The molecule has 1 aromatic rings. The summed E-state index contributed by atoms with van der Waals surface area (Å²) < 4.78 is 0. The molecule has 0 aromatic carbocycles. The average Bonchev–Trinajstić information content (AvgIpc) is 2.19. The van der Waals surface area contributed by atoms with Gasteiger partial charge in [0.25, 0.3) is 0 Å². The van der Waals surface area contributed by atoms with Gasteiger partial charge in [-0.15, -0.1) is 0 Å². The molecule has 0 aliphatic heterocycles. The first-order valence-corrected chi connectivity index (χ1v) is 5.05. The highest BCUT2D eigenvalue weighted by molar-refractivity contribution is 5.26. The highest BCUT2D eigenvalue weighted by Gasteiger charge is 2.04. The number of hydrogen-bond donors (Lipinski definition) is 1. The molecule has 0 radical (unpaired) electrons. The Morgan fingerprint density at radius 1 is 1.29 bits per heavy atom. The van der Waals surface area contributed by atoms with E-state index in [0.717, 1.165) is 25.3 Å². The Hall–Kier alpha value is -1.09. The topological polar surface area (TPSA) is 36.4 Å². The fourth-order valence-corrected chi connectivity index (χ4v) is 1.37. The van der Waals surface area contributed by atoms with Gasteiger partial charge in [0.1, 0.15) is 5.75 Å². The van der Waals surface area contributed by atoms with Crippen molar-refractivity contribution in [2.45, 2.75) is 27.3 Å². The molecule has 0 spiro atoms. The van der Waals surface area contributed by atoms with Gasteiger partial charge in [-0.05, 0) is 32.1 Å². The standard InChI is InChI=1S/C11H18N2O/c1-4-13(5-2)8-10-6-7-11(14)9(3)12-10/h6-7,14H,4-5,8H2,1-3H3. The zero-order valence-corrected chi connectivity index (χ0v) is 9.12. The number of rotatable bonds is 4. The lowest BCUT2D eigenvalue weighted by atomic mass is 10.2. The maximum Gasteiger partial charge on any atom is 0.136 e. The molecule has 0 bridgehead atoms. The molecule has 3 heteroatoms. The van der Waals surface area contributed by atoms with E-state index < -0.39 is 0 Å². The van der Waals surface area contributed by atoms with Crippen molar-refractivity contribution in [2.75, 3.05) is 13.1 Å². The molecule has 1 heterocycles. The summed E-state index contributed by atoms with van der Waals surface area (Å²) in [5.74, 6) is 0.272. The van der Waals surface area contributed by atoms with Crippen molar-refractivity contribution in [3.05, 3.63) is 23.5 Å². The molecular formula is C11H18N2O. The maximum absolute atomic E-state index is 9.32. The molecule has 0 aliphatic rings. The van der Waals surface area contributed by atoms with Crippen LogP contribution >= 0.6 is 0 Å². The van der Waals surface area contributed by atoms with Crippen LogP contribution in [-0.2, 0) is 6.54 Å². The molecule has 0 atom stereocenters. The predicted molar refractivity (Wildman–Crippen MR) is 57.3 cm³/mol. The van der Waals surface area contributed by atoms with Gasteiger partial charge in [0, 0.05) is 6.54 Å². The van der Waals surface area contributed by atoms with E-state index in [1.807, 2.05) is 13.0 Å². The summed E-state index contributed by atoms with van der Waals surface area (Å²) in [7, 11) is 0. The molecule has 0 aliphatic carbocycles. The monoisotopic (exact) mass is 194 g/mol. The van der Waals surface area contributed by atoms with Gasteiger partial charge in [-0.3, -0.25) is 9.88 Å². The van der Waals surface area contributed by atoms with Crippen LogP contribution < -0.4 is 0 Å². The van der Waals surface area contributed by atoms with Crippen LogP contribution in [0.1, 0.15) is 25.2 Å². The van der Waals surface area contributed by atoms with Gasteiger partial charge in [0.05, 0.1) is 11.4 Å². The van der Waals surface area contributed by atoms with Crippen molar-refractivity contribution >= 4 is 0 Å². The zero-order chi connectivity index (χ0) is 10.6. The van der Waals surface area contributed by atoms with Crippen molar-refractivity contribution in [2.24, 2.45) is 0 Å². The smallest absolute Gasteiger partial charge is 0.136 e. The van der Waals surface area contributed by atoms with Crippen LogP contribution in [-0.4, -0.2) is 28.1 Å². The summed E-state index contributed by atoms with van der Waals surface area (Å²) in [4.78, 5) is 6.61. The van der Waals surface area contributed by atoms with Crippen molar-refractivity contribution in [1.29, 1.82) is 0 Å². The molecule has 0 saturated carbocycles. The SMILES string of the molecule is CCN(CC)Cc1ccc(O)c(C)n1. The lowest BCUT2D eigenvalue weighted by Crippen LogP contribution is -2.22. The van der Waals surface area contributed by atoms with E-state index in [1.165, 1.54) is 0 Å². The highest BCUT2D eigenvalue weighted by atomic mass is 16.3. The molecule has 3 nitrogen and oxygen atoms in total. The van der Waals surface area contributed by atoms with Crippen LogP contribution in [0.5, 0.6) is 5.75 Å². The van der Waals surface area contributed by atoms with Crippen LogP contribution in [0.15, 0.2) is 12.1 Å². The molecule has 0 unspecified atom stereocenters. The summed E-state index contributed by atoms with van der Waals surface area (Å²) in [6.45, 7) is 9.00. The average molecular weight is 194 g/mol. The summed E-state index contributed by atoms with van der Waals surface area (Å²) in [5.41, 5.74) is 1.72. The van der Waals surface area contributed by atoms with Gasteiger partial charge in [-0.1, -0.05) is 13.8 Å². The van der Waals surface area contributed by atoms with E-state index in [-0.39, 0.29) is 5.75 Å². The number of aryl methyl sites for hydroxylation is 1. The molecular weight excluding hydrogens is 176 g/mol. The van der Waals surface area contributed by atoms with Crippen molar-refractivity contribution < 1.29 is 5.11 Å². The molecule has 14 heavy (non-hydrogen) atoms. The van der Waals surface area contributed by atoms with Crippen LogP contribution in [0.4, 0.5) is 0 Å². The molecule has 1 aromatic heterocycles. The Bertz CT molecular complexity index is 295. The molecule has 0 amide bonds. The van der Waals surface area contributed by atoms with Crippen LogP contribution in [0, 0.1) is 6.92 Å². The van der Waals surface area contributed by atoms with Gasteiger partial charge in [-0.25, -0.2) is 0 Å². The van der Waals surface area contributed by atoms with Crippen LogP contribution in [0.2, 0.25) is 0 Å². The summed E-state index contributed by atoms with van der Waals surface area (Å²) >= 11 is 0. The van der Waals surface area contributed by atoms with Crippen molar-refractivity contribution in [3.63, 3.8) is 0 Å². The van der Waals surface area contributed by atoms with E-state index in [9.17, 15) is 5.11 Å². The fraction of sp³-hybridized carbons (Fsp3) is 0.545. The first-order chi connectivity index (χ1) is 6.67. The van der Waals surface area contributed by atoms with Crippen molar-refractivity contribution in [3.8, 4) is 5.75 Å². The second-order valence-electron chi connectivity index (χ2n) is 3.37. The highest BCUT2D eigenvalue weighted by Crippen LogP contribution is 2.14. The van der Waals surface area contributed by atoms with Gasteiger partial charge < -0.3 is 5.11 Å². The van der Waals surface area contributed by atoms with E-state index >= 15 is 0 Å². The Labute approximate surface area is 85.4 Å². The summed E-state index contributed by atoms with van der Waals surface area (Å²) in [5, 5.41) is 9.32.